The number of benzene rings is 10. The third-order valence-electron chi connectivity index (χ3n) is 12.1. The number of para-hydroxylation sites is 2. The van der Waals surface area contributed by atoms with Crippen molar-refractivity contribution in [2.45, 2.75) is 0 Å². The molecule has 61 heavy (non-hydrogen) atoms. The van der Waals surface area contributed by atoms with Crippen LogP contribution in [0.2, 0.25) is 0 Å². The van der Waals surface area contributed by atoms with Crippen LogP contribution >= 0.6 is 11.3 Å². The molecule has 0 aliphatic carbocycles. The Morgan fingerprint density at radius 3 is 1.80 bits per heavy atom. The predicted molar refractivity (Wildman–Crippen MR) is 261 cm³/mol. The summed E-state index contributed by atoms with van der Waals surface area (Å²) in [6, 6.07) is 81.1. The number of hydrogen-bond donors (Lipinski definition) is 0. The molecular formula is C58H37NOS. The molecule has 0 saturated carbocycles. The van der Waals surface area contributed by atoms with Crippen LogP contribution in [0.4, 0.5) is 17.1 Å². The maximum atomic E-state index is 6.53. The Labute approximate surface area is 357 Å². The lowest BCUT2D eigenvalue weighted by atomic mass is 9.90. The van der Waals surface area contributed by atoms with Gasteiger partial charge < -0.3 is 9.32 Å². The molecule has 12 rings (SSSR count). The summed E-state index contributed by atoms with van der Waals surface area (Å²) in [7, 11) is 0. The van der Waals surface area contributed by atoms with Crippen LogP contribution in [0.1, 0.15) is 0 Å². The molecule has 0 N–H and O–H groups in total. The third-order valence-corrected chi connectivity index (χ3v) is 13.3. The number of thiophene rings is 1. The highest BCUT2D eigenvalue weighted by Gasteiger charge is 2.20. The van der Waals surface area contributed by atoms with E-state index in [1.807, 2.05) is 17.4 Å². The van der Waals surface area contributed by atoms with Crippen molar-refractivity contribution in [3.8, 4) is 44.5 Å². The predicted octanol–water partition coefficient (Wildman–Crippen LogP) is 17.2. The Balaban J connectivity index is 0.968. The molecule has 0 radical (unpaired) electrons. The summed E-state index contributed by atoms with van der Waals surface area (Å²) in [5, 5.41) is 7.23. The molecule has 0 atom stereocenters. The normalized spacial score (nSPS) is 11.6. The Kier molecular flexibility index (Phi) is 8.39. The number of hydrogen-bond acceptors (Lipinski definition) is 3. The maximum Gasteiger partial charge on any atom is 0.143 e. The fourth-order valence-electron chi connectivity index (χ4n) is 9.10. The number of nitrogens with zero attached hydrogens (tertiary/aromatic N) is 1. The summed E-state index contributed by atoms with van der Waals surface area (Å²) in [6.07, 6.45) is 0. The van der Waals surface area contributed by atoms with Crippen molar-refractivity contribution in [3.63, 3.8) is 0 Å². The van der Waals surface area contributed by atoms with Crippen LogP contribution in [0.5, 0.6) is 0 Å². The molecule has 0 unspecified atom stereocenters. The fraction of sp³-hybridized carbons (Fsp3) is 0. The molecule has 2 nitrogen and oxygen atoms in total. The molecule has 2 aromatic heterocycles. The van der Waals surface area contributed by atoms with E-state index >= 15 is 0 Å². The lowest BCUT2D eigenvalue weighted by molar-refractivity contribution is 0.670. The van der Waals surface area contributed by atoms with E-state index in [2.05, 4.69) is 223 Å². The van der Waals surface area contributed by atoms with Crippen LogP contribution in [-0.4, -0.2) is 0 Å². The van der Waals surface area contributed by atoms with E-state index in [0.717, 1.165) is 44.4 Å². The first kappa shape index (κ1) is 35.2. The topological polar surface area (TPSA) is 16.4 Å². The first-order valence-corrected chi connectivity index (χ1v) is 21.6. The van der Waals surface area contributed by atoms with Gasteiger partial charge in [0.05, 0.1) is 10.4 Å². The highest BCUT2D eigenvalue weighted by atomic mass is 32.1. The molecule has 0 aliphatic rings. The summed E-state index contributed by atoms with van der Waals surface area (Å²) in [5.74, 6) is 0. The molecular weight excluding hydrogens is 759 g/mol. The quantitative estimate of drug-likeness (QED) is 0.160. The van der Waals surface area contributed by atoms with Gasteiger partial charge in [-0.3, -0.25) is 0 Å². The van der Waals surface area contributed by atoms with Gasteiger partial charge in [0.2, 0.25) is 0 Å². The van der Waals surface area contributed by atoms with Gasteiger partial charge in [-0.15, -0.1) is 11.3 Å². The minimum absolute atomic E-state index is 0.906. The average Bonchev–Trinajstić information content (AvgIpc) is 3.91. The van der Waals surface area contributed by atoms with Gasteiger partial charge in [0.25, 0.3) is 0 Å². The monoisotopic (exact) mass is 795 g/mol. The fourth-order valence-corrected chi connectivity index (χ4v) is 10.3. The SMILES string of the molecule is c1ccc(-c2ccc(N(c3ccc4cc(-c5ccc(-c6cccc7c6oc6ccccc67)c(-c6ccccc6)c5)ccc4c3)c3cccc4c3sc3ccccc34)cc2)cc1. The Morgan fingerprint density at radius 1 is 0.344 bits per heavy atom. The number of rotatable bonds is 7. The van der Waals surface area contributed by atoms with Crippen molar-refractivity contribution in [3.05, 3.63) is 224 Å². The van der Waals surface area contributed by atoms with E-state index < -0.39 is 0 Å². The third kappa shape index (κ3) is 6.09. The lowest BCUT2D eigenvalue weighted by Gasteiger charge is -2.26. The standard InChI is InChI=1S/C58H37NOS/c1-3-13-38(14-4-1)39-27-31-45(32-28-39)59(54-22-12-21-52-49-18-8-10-24-56(49)61-58(52)54)46-33-29-42-35-41(25-26-43(42)36-46)44-30-34-47(53(37-44)40-15-5-2-6-16-40)50-19-11-20-51-48-17-7-9-23-55(48)60-57(50)51/h1-37H. The van der Waals surface area contributed by atoms with Crippen LogP contribution in [0.15, 0.2) is 229 Å². The summed E-state index contributed by atoms with van der Waals surface area (Å²) in [4.78, 5) is 2.42. The van der Waals surface area contributed by atoms with E-state index in [9.17, 15) is 0 Å². The second-order valence-corrected chi connectivity index (χ2v) is 16.7. The van der Waals surface area contributed by atoms with Gasteiger partial charge in [0, 0.05) is 43.2 Å². The first-order valence-electron chi connectivity index (χ1n) is 20.7. The van der Waals surface area contributed by atoms with Crippen LogP contribution in [0, 0.1) is 0 Å². The zero-order valence-electron chi connectivity index (χ0n) is 33.1. The Bertz CT molecular complexity index is 3580. The molecule has 12 aromatic rings. The number of anilines is 3. The highest BCUT2D eigenvalue weighted by molar-refractivity contribution is 7.26. The van der Waals surface area contributed by atoms with Crippen LogP contribution in [0.3, 0.4) is 0 Å². The lowest BCUT2D eigenvalue weighted by Crippen LogP contribution is -2.10. The molecule has 0 spiro atoms. The van der Waals surface area contributed by atoms with Gasteiger partial charge in [-0.2, -0.15) is 0 Å². The molecule has 286 valence electrons. The van der Waals surface area contributed by atoms with E-state index in [1.165, 1.54) is 70.0 Å². The van der Waals surface area contributed by atoms with Gasteiger partial charge in [0.15, 0.2) is 0 Å². The van der Waals surface area contributed by atoms with Gasteiger partial charge in [0.1, 0.15) is 11.2 Å². The maximum absolute atomic E-state index is 6.53. The van der Waals surface area contributed by atoms with Gasteiger partial charge in [-0.1, -0.05) is 170 Å². The zero-order chi connectivity index (χ0) is 40.3. The van der Waals surface area contributed by atoms with E-state index in [0.29, 0.717) is 0 Å². The van der Waals surface area contributed by atoms with Crippen LogP contribution in [0.25, 0.3) is 97.4 Å². The van der Waals surface area contributed by atoms with Crippen molar-refractivity contribution < 1.29 is 4.42 Å². The largest absolute Gasteiger partial charge is 0.455 e. The van der Waals surface area contributed by atoms with Crippen molar-refractivity contribution >= 4 is 81.3 Å². The summed E-state index contributed by atoms with van der Waals surface area (Å²) in [5.41, 5.74) is 14.6. The minimum Gasteiger partial charge on any atom is -0.455 e. The molecule has 0 fully saturated rings. The van der Waals surface area contributed by atoms with Crippen LogP contribution in [-0.2, 0) is 0 Å². The Morgan fingerprint density at radius 2 is 0.951 bits per heavy atom. The van der Waals surface area contributed by atoms with Crippen molar-refractivity contribution in [1.82, 2.24) is 0 Å². The average molecular weight is 796 g/mol. The Hall–Kier alpha value is -7.72. The first-order chi connectivity index (χ1) is 30.2. The number of fused-ring (bicyclic) bond motifs is 7. The summed E-state index contributed by atoms with van der Waals surface area (Å²) >= 11 is 1.86. The van der Waals surface area contributed by atoms with E-state index in [1.54, 1.807) is 0 Å². The molecule has 3 heteroatoms. The molecule has 2 heterocycles. The van der Waals surface area contributed by atoms with Gasteiger partial charge in [-0.05, 0) is 104 Å². The molecule has 10 aromatic carbocycles. The van der Waals surface area contributed by atoms with E-state index in [-0.39, 0.29) is 0 Å². The van der Waals surface area contributed by atoms with E-state index in [4.69, 9.17) is 4.42 Å². The smallest absolute Gasteiger partial charge is 0.143 e. The van der Waals surface area contributed by atoms with Crippen molar-refractivity contribution in [1.29, 1.82) is 0 Å². The molecule has 0 bridgehead atoms. The second kappa shape index (κ2) is 14.5. The van der Waals surface area contributed by atoms with Crippen molar-refractivity contribution in [2.75, 3.05) is 4.90 Å². The second-order valence-electron chi connectivity index (χ2n) is 15.7. The van der Waals surface area contributed by atoms with Crippen LogP contribution < -0.4 is 4.90 Å². The van der Waals surface area contributed by atoms with Gasteiger partial charge >= 0.3 is 0 Å². The summed E-state index contributed by atoms with van der Waals surface area (Å²) < 4.78 is 9.11. The summed E-state index contributed by atoms with van der Waals surface area (Å²) in [6.45, 7) is 0. The zero-order valence-corrected chi connectivity index (χ0v) is 33.9. The van der Waals surface area contributed by atoms with Crippen molar-refractivity contribution in [2.24, 2.45) is 0 Å². The molecule has 0 amide bonds. The van der Waals surface area contributed by atoms with Gasteiger partial charge in [-0.25, -0.2) is 0 Å². The molecule has 0 aliphatic heterocycles. The highest BCUT2D eigenvalue weighted by Crippen LogP contribution is 2.46. The molecule has 0 saturated heterocycles. The minimum atomic E-state index is 0.906. The number of furan rings is 1.